The van der Waals surface area contributed by atoms with Crippen molar-refractivity contribution in [3.63, 3.8) is 0 Å². The molecule has 0 aliphatic carbocycles. The standard InChI is InChI=1S/C13H16O4/c1-8(2)17-12-5-4-10(6-9(12)3)11(14)7-13(15)16/h4-6,8H,7H2,1-3H3,(H,15,16). The zero-order valence-corrected chi connectivity index (χ0v) is 10.2. The summed E-state index contributed by atoms with van der Waals surface area (Å²) in [6.07, 6.45) is -0.418. The van der Waals surface area contributed by atoms with Gasteiger partial charge in [-0.1, -0.05) is 0 Å². The van der Waals surface area contributed by atoms with E-state index in [0.717, 1.165) is 5.56 Å². The van der Waals surface area contributed by atoms with Crippen LogP contribution in [0.1, 0.15) is 36.2 Å². The van der Waals surface area contributed by atoms with Crippen molar-refractivity contribution in [3.05, 3.63) is 29.3 Å². The van der Waals surface area contributed by atoms with Crippen LogP contribution in [0.25, 0.3) is 0 Å². The Labute approximate surface area is 100 Å². The quantitative estimate of drug-likeness (QED) is 0.630. The van der Waals surface area contributed by atoms with Gasteiger partial charge in [0.05, 0.1) is 6.10 Å². The van der Waals surface area contributed by atoms with Crippen LogP contribution in [0.2, 0.25) is 0 Å². The highest BCUT2D eigenvalue weighted by Gasteiger charge is 2.12. The number of aliphatic carboxylic acids is 1. The fourth-order valence-corrected chi connectivity index (χ4v) is 1.45. The van der Waals surface area contributed by atoms with Gasteiger partial charge < -0.3 is 9.84 Å². The SMILES string of the molecule is Cc1cc(C(=O)CC(=O)O)ccc1OC(C)C. The number of carboxylic acid groups (broad SMARTS) is 1. The van der Waals surface area contributed by atoms with E-state index in [-0.39, 0.29) is 6.10 Å². The highest BCUT2D eigenvalue weighted by Crippen LogP contribution is 2.21. The summed E-state index contributed by atoms with van der Waals surface area (Å²) in [5, 5.41) is 8.54. The number of hydrogen-bond acceptors (Lipinski definition) is 3. The number of aryl methyl sites for hydroxylation is 1. The van der Waals surface area contributed by atoms with Crippen molar-refractivity contribution < 1.29 is 19.4 Å². The number of Topliss-reactive ketones (excluding diaryl/α,β-unsaturated/α-hetero) is 1. The lowest BCUT2D eigenvalue weighted by Crippen LogP contribution is -2.09. The van der Waals surface area contributed by atoms with Crippen LogP contribution >= 0.6 is 0 Å². The molecule has 0 aromatic heterocycles. The van der Waals surface area contributed by atoms with Crippen LogP contribution in [0, 0.1) is 6.92 Å². The van der Waals surface area contributed by atoms with Crippen LogP contribution in [0.15, 0.2) is 18.2 Å². The smallest absolute Gasteiger partial charge is 0.311 e. The Morgan fingerprint density at radius 1 is 1.35 bits per heavy atom. The van der Waals surface area contributed by atoms with Crippen LogP contribution < -0.4 is 4.74 Å². The van der Waals surface area contributed by atoms with E-state index in [2.05, 4.69) is 0 Å². The van der Waals surface area contributed by atoms with E-state index in [1.807, 2.05) is 20.8 Å². The Kier molecular flexibility index (Phi) is 4.26. The van der Waals surface area contributed by atoms with Crippen molar-refractivity contribution in [2.75, 3.05) is 0 Å². The summed E-state index contributed by atoms with van der Waals surface area (Å²) in [6, 6.07) is 4.95. The Bertz CT molecular complexity index is 435. The minimum Gasteiger partial charge on any atom is -0.491 e. The maximum atomic E-state index is 11.5. The molecule has 0 bridgehead atoms. The molecule has 1 N–H and O–H groups in total. The first-order valence-corrected chi connectivity index (χ1v) is 5.42. The number of hydrogen-bond donors (Lipinski definition) is 1. The van der Waals surface area contributed by atoms with Gasteiger partial charge in [-0.3, -0.25) is 9.59 Å². The van der Waals surface area contributed by atoms with E-state index >= 15 is 0 Å². The normalized spacial score (nSPS) is 10.4. The highest BCUT2D eigenvalue weighted by atomic mass is 16.5. The second kappa shape index (κ2) is 5.48. The molecule has 0 aliphatic heterocycles. The molecule has 0 spiro atoms. The summed E-state index contributed by atoms with van der Waals surface area (Å²) in [4.78, 5) is 22.0. The molecule has 92 valence electrons. The van der Waals surface area contributed by atoms with Crippen molar-refractivity contribution in [1.82, 2.24) is 0 Å². The van der Waals surface area contributed by atoms with E-state index in [0.29, 0.717) is 11.3 Å². The Hall–Kier alpha value is -1.84. The van der Waals surface area contributed by atoms with Gasteiger partial charge in [0.15, 0.2) is 5.78 Å². The van der Waals surface area contributed by atoms with Gasteiger partial charge in [0.25, 0.3) is 0 Å². The minimum absolute atomic E-state index is 0.0641. The third kappa shape index (κ3) is 3.90. The van der Waals surface area contributed by atoms with Gasteiger partial charge in [-0.25, -0.2) is 0 Å². The van der Waals surface area contributed by atoms with E-state index in [4.69, 9.17) is 9.84 Å². The fourth-order valence-electron chi connectivity index (χ4n) is 1.45. The molecule has 4 heteroatoms. The van der Waals surface area contributed by atoms with Crippen molar-refractivity contribution in [3.8, 4) is 5.75 Å². The summed E-state index contributed by atoms with van der Waals surface area (Å²) in [6.45, 7) is 5.67. The Morgan fingerprint density at radius 3 is 2.47 bits per heavy atom. The van der Waals surface area contributed by atoms with Crippen LogP contribution in [-0.2, 0) is 4.79 Å². The first-order chi connectivity index (χ1) is 7.90. The average molecular weight is 236 g/mol. The number of carboxylic acids is 1. The summed E-state index contributed by atoms with van der Waals surface area (Å²) >= 11 is 0. The van der Waals surface area contributed by atoms with Gasteiger partial charge >= 0.3 is 5.97 Å². The summed E-state index contributed by atoms with van der Waals surface area (Å²) in [5.74, 6) is -0.793. The van der Waals surface area contributed by atoms with Gasteiger partial charge in [0.1, 0.15) is 12.2 Å². The number of benzene rings is 1. The van der Waals surface area contributed by atoms with Crippen molar-refractivity contribution in [2.45, 2.75) is 33.3 Å². The molecule has 0 saturated heterocycles. The van der Waals surface area contributed by atoms with Crippen LogP contribution in [0.5, 0.6) is 5.75 Å². The lowest BCUT2D eigenvalue weighted by molar-refractivity contribution is -0.135. The zero-order valence-electron chi connectivity index (χ0n) is 10.2. The molecule has 0 unspecified atom stereocenters. The molecule has 1 aromatic carbocycles. The maximum Gasteiger partial charge on any atom is 0.311 e. The molecule has 0 aliphatic rings. The van der Waals surface area contributed by atoms with E-state index in [9.17, 15) is 9.59 Å². The fraction of sp³-hybridized carbons (Fsp3) is 0.385. The molecule has 0 amide bonds. The van der Waals surface area contributed by atoms with Gasteiger partial charge in [-0.15, -0.1) is 0 Å². The molecular formula is C13H16O4. The van der Waals surface area contributed by atoms with Crippen molar-refractivity contribution >= 4 is 11.8 Å². The van der Waals surface area contributed by atoms with Crippen molar-refractivity contribution in [2.24, 2.45) is 0 Å². The zero-order chi connectivity index (χ0) is 13.0. The topological polar surface area (TPSA) is 63.6 Å². The van der Waals surface area contributed by atoms with E-state index < -0.39 is 18.2 Å². The summed E-state index contributed by atoms with van der Waals surface area (Å²) < 4.78 is 5.53. The predicted molar refractivity (Wildman–Crippen MR) is 63.5 cm³/mol. The Morgan fingerprint density at radius 2 is 2.00 bits per heavy atom. The summed E-state index contributed by atoms with van der Waals surface area (Å²) in [7, 11) is 0. The minimum atomic E-state index is -1.12. The van der Waals surface area contributed by atoms with Crippen LogP contribution in [0.4, 0.5) is 0 Å². The maximum absolute atomic E-state index is 11.5. The molecule has 0 atom stereocenters. The number of ketones is 1. The third-order valence-corrected chi connectivity index (χ3v) is 2.17. The first kappa shape index (κ1) is 13.2. The van der Waals surface area contributed by atoms with Gasteiger partial charge in [0, 0.05) is 5.56 Å². The number of ether oxygens (including phenoxy) is 1. The lowest BCUT2D eigenvalue weighted by Gasteiger charge is -2.12. The van der Waals surface area contributed by atoms with E-state index in [1.54, 1.807) is 18.2 Å². The molecular weight excluding hydrogens is 220 g/mol. The molecule has 0 heterocycles. The highest BCUT2D eigenvalue weighted by molar-refractivity contribution is 6.05. The molecule has 1 aromatic rings. The van der Waals surface area contributed by atoms with Crippen LogP contribution in [-0.4, -0.2) is 23.0 Å². The summed E-state index contributed by atoms with van der Waals surface area (Å²) in [5.41, 5.74) is 1.23. The lowest BCUT2D eigenvalue weighted by atomic mass is 10.1. The number of carbonyl (C=O) groups is 2. The van der Waals surface area contributed by atoms with Gasteiger partial charge in [-0.05, 0) is 44.5 Å². The van der Waals surface area contributed by atoms with E-state index in [1.165, 1.54) is 0 Å². The Balaban J connectivity index is 2.88. The molecule has 17 heavy (non-hydrogen) atoms. The monoisotopic (exact) mass is 236 g/mol. The predicted octanol–water partition coefficient (Wildman–Crippen LogP) is 2.44. The molecule has 0 radical (unpaired) electrons. The molecule has 1 rings (SSSR count). The number of rotatable bonds is 5. The second-order valence-electron chi connectivity index (χ2n) is 4.14. The second-order valence-corrected chi connectivity index (χ2v) is 4.14. The molecule has 0 saturated carbocycles. The molecule has 4 nitrogen and oxygen atoms in total. The first-order valence-electron chi connectivity index (χ1n) is 5.42. The number of carbonyl (C=O) groups excluding carboxylic acids is 1. The average Bonchev–Trinajstić information content (AvgIpc) is 2.19. The molecule has 0 fully saturated rings. The van der Waals surface area contributed by atoms with Crippen LogP contribution in [0.3, 0.4) is 0 Å². The van der Waals surface area contributed by atoms with Crippen molar-refractivity contribution in [1.29, 1.82) is 0 Å². The van der Waals surface area contributed by atoms with Gasteiger partial charge in [-0.2, -0.15) is 0 Å². The largest absolute Gasteiger partial charge is 0.491 e. The third-order valence-electron chi connectivity index (χ3n) is 2.17. The van der Waals surface area contributed by atoms with Gasteiger partial charge in [0.2, 0.25) is 0 Å².